The Morgan fingerprint density at radius 1 is 0.486 bits per heavy atom. The summed E-state index contributed by atoms with van der Waals surface area (Å²) in [5.41, 5.74) is 0. The highest BCUT2D eigenvalue weighted by Gasteiger charge is 2.53. The van der Waals surface area contributed by atoms with Gasteiger partial charge in [-0.05, 0) is 57.8 Å². The van der Waals surface area contributed by atoms with Crippen molar-refractivity contribution in [3.63, 3.8) is 0 Å². The Kier molecular flexibility index (Phi) is 34.9. The van der Waals surface area contributed by atoms with Crippen LogP contribution in [0.3, 0.4) is 0 Å². The Hall–Kier alpha value is -2.25. The Morgan fingerprint density at radius 3 is 1.41 bits per heavy atom. The second-order valence-electron chi connectivity index (χ2n) is 20.0. The summed E-state index contributed by atoms with van der Waals surface area (Å²) in [6.45, 7) is 1.58. The molecule has 19 heteroatoms. The molecule has 0 aliphatic carbocycles. The van der Waals surface area contributed by atoms with Crippen LogP contribution in [0.2, 0.25) is 0 Å². The minimum atomic E-state index is -1.98. The van der Waals surface area contributed by atoms with Crippen molar-refractivity contribution in [1.82, 2.24) is 5.32 Å². The van der Waals surface area contributed by atoms with Crippen LogP contribution in [0.1, 0.15) is 162 Å². The highest BCUT2D eigenvalue weighted by molar-refractivity contribution is 5.76. The summed E-state index contributed by atoms with van der Waals surface area (Å²) < 4.78 is 34.0. The summed E-state index contributed by atoms with van der Waals surface area (Å²) >= 11 is 0. The van der Waals surface area contributed by atoms with E-state index in [1.165, 1.54) is 57.8 Å². The normalized spacial score (nSPS) is 31.8. The summed E-state index contributed by atoms with van der Waals surface area (Å²) in [4.78, 5) is 13.2. The first-order chi connectivity index (χ1) is 35.8. The SMILES string of the molecule is CCCCCC/C=C/C(O)C(COC1OC(CO)C(OC2OC(CO)C(OC3OC(CO)C(O)C(O)C3O)C(O)C2O)C(O)C1O)NC(=O)CCCCCCCCCC/C=C\C/C=C\C/C=C\CCCCCCC. The average Bonchev–Trinajstić information content (AvgIpc) is 3.40. The molecule has 17 atom stereocenters. The molecular formula is C55H97NO18. The Labute approximate surface area is 440 Å². The Balaban J connectivity index is 1.43. The van der Waals surface area contributed by atoms with E-state index in [9.17, 15) is 61.0 Å². The molecule has 3 heterocycles. The number of allylic oxidation sites excluding steroid dienone is 7. The molecule has 12 N–H and O–H groups in total. The maximum Gasteiger partial charge on any atom is 0.220 e. The number of aliphatic hydroxyl groups is 11. The maximum atomic E-state index is 13.2. The van der Waals surface area contributed by atoms with E-state index in [1.54, 1.807) is 6.08 Å². The predicted molar refractivity (Wildman–Crippen MR) is 277 cm³/mol. The molecule has 430 valence electrons. The van der Waals surface area contributed by atoms with E-state index in [2.05, 4.69) is 55.6 Å². The van der Waals surface area contributed by atoms with Gasteiger partial charge in [0.15, 0.2) is 18.9 Å². The van der Waals surface area contributed by atoms with Crippen molar-refractivity contribution >= 4 is 5.91 Å². The molecule has 0 radical (unpaired) electrons. The van der Waals surface area contributed by atoms with Gasteiger partial charge in [-0.25, -0.2) is 0 Å². The van der Waals surface area contributed by atoms with E-state index >= 15 is 0 Å². The fraction of sp³-hybridized carbons (Fsp3) is 0.836. The van der Waals surface area contributed by atoms with Gasteiger partial charge in [0.05, 0.1) is 38.6 Å². The minimum absolute atomic E-state index is 0.232. The van der Waals surface area contributed by atoms with Crippen molar-refractivity contribution in [2.24, 2.45) is 0 Å². The molecule has 3 saturated heterocycles. The van der Waals surface area contributed by atoms with Gasteiger partial charge < -0.3 is 89.9 Å². The van der Waals surface area contributed by atoms with Crippen LogP contribution in [0.4, 0.5) is 0 Å². The van der Waals surface area contributed by atoms with Crippen LogP contribution in [0.5, 0.6) is 0 Å². The first-order valence-corrected chi connectivity index (χ1v) is 27.9. The van der Waals surface area contributed by atoms with E-state index in [0.717, 1.165) is 77.0 Å². The Morgan fingerprint density at radius 2 is 0.892 bits per heavy atom. The molecule has 74 heavy (non-hydrogen) atoms. The summed E-state index contributed by atoms with van der Waals surface area (Å²) in [7, 11) is 0. The van der Waals surface area contributed by atoms with E-state index in [-0.39, 0.29) is 18.9 Å². The zero-order valence-electron chi connectivity index (χ0n) is 44.3. The zero-order valence-corrected chi connectivity index (χ0v) is 44.3. The number of carbonyl (C=O) groups is 1. The maximum absolute atomic E-state index is 13.2. The van der Waals surface area contributed by atoms with Gasteiger partial charge in [-0.1, -0.05) is 146 Å². The molecule has 0 aromatic rings. The minimum Gasteiger partial charge on any atom is -0.394 e. The van der Waals surface area contributed by atoms with Gasteiger partial charge >= 0.3 is 0 Å². The molecule has 3 fully saturated rings. The van der Waals surface area contributed by atoms with Crippen molar-refractivity contribution in [3.05, 3.63) is 48.6 Å². The van der Waals surface area contributed by atoms with Crippen LogP contribution in [-0.2, 0) is 33.2 Å². The number of amides is 1. The molecule has 0 aromatic heterocycles. The van der Waals surface area contributed by atoms with Crippen molar-refractivity contribution in [2.45, 2.75) is 266 Å². The summed E-state index contributed by atoms with van der Waals surface area (Å²) in [6, 6.07) is -0.974. The number of hydrogen-bond acceptors (Lipinski definition) is 18. The largest absolute Gasteiger partial charge is 0.394 e. The second kappa shape index (κ2) is 39.2. The third kappa shape index (κ3) is 23.8. The van der Waals surface area contributed by atoms with Gasteiger partial charge in [-0.3, -0.25) is 4.79 Å². The van der Waals surface area contributed by atoms with E-state index < -0.39 is 124 Å². The van der Waals surface area contributed by atoms with Gasteiger partial charge in [0.1, 0.15) is 73.2 Å². The van der Waals surface area contributed by atoms with Gasteiger partial charge in [0, 0.05) is 6.42 Å². The first-order valence-electron chi connectivity index (χ1n) is 27.9. The number of nitrogens with one attached hydrogen (secondary N) is 1. The van der Waals surface area contributed by atoms with Gasteiger partial charge in [0.2, 0.25) is 5.91 Å². The number of unbranched alkanes of at least 4 members (excludes halogenated alkanes) is 17. The number of ether oxygens (including phenoxy) is 6. The molecule has 3 aliphatic rings. The Bertz CT molecular complexity index is 1550. The second-order valence-corrected chi connectivity index (χ2v) is 20.0. The zero-order chi connectivity index (χ0) is 54.1. The molecule has 0 bridgehead atoms. The topological polar surface area (TPSA) is 307 Å². The van der Waals surface area contributed by atoms with E-state index in [0.29, 0.717) is 6.42 Å². The van der Waals surface area contributed by atoms with Gasteiger partial charge in [-0.2, -0.15) is 0 Å². The molecule has 19 nitrogen and oxygen atoms in total. The molecular weight excluding hydrogens is 963 g/mol. The van der Waals surface area contributed by atoms with Gasteiger partial charge in [0.25, 0.3) is 0 Å². The lowest BCUT2D eigenvalue weighted by Crippen LogP contribution is -2.66. The van der Waals surface area contributed by atoms with Crippen LogP contribution in [0.25, 0.3) is 0 Å². The molecule has 1 amide bonds. The van der Waals surface area contributed by atoms with Crippen molar-refractivity contribution in [1.29, 1.82) is 0 Å². The molecule has 0 saturated carbocycles. The summed E-state index contributed by atoms with van der Waals surface area (Å²) in [5, 5.41) is 119. The van der Waals surface area contributed by atoms with E-state index in [1.807, 2.05) is 6.08 Å². The number of rotatable bonds is 39. The molecule has 3 aliphatic heterocycles. The summed E-state index contributed by atoms with van der Waals surface area (Å²) in [5.74, 6) is -0.292. The van der Waals surface area contributed by atoms with Crippen LogP contribution >= 0.6 is 0 Å². The van der Waals surface area contributed by atoms with Crippen molar-refractivity contribution in [2.75, 3.05) is 26.4 Å². The molecule has 3 rings (SSSR count). The van der Waals surface area contributed by atoms with Crippen LogP contribution in [0.15, 0.2) is 48.6 Å². The molecule has 0 spiro atoms. The number of carbonyl (C=O) groups excluding carboxylic acids is 1. The average molecular weight is 1060 g/mol. The lowest BCUT2D eigenvalue weighted by Gasteiger charge is -2.48. The fourth-order valence-corrected chi connectivity index (χ4v) is 9.19. The lowest BCUT2D eigenvalue weighted by molar-refractivity contribution is -0.379. The number of aliphatic hydroxyl groups excluding tert-OH is 11. The first kappa shape index (κ1) is 66.0. The predicted octanol–water partition coefficient (Wildman–Crippen LogP) is 3.53. The van der Waals surface area contributed by atoms with Gasteiger partial charge in [-0.15, -0.1) is 0 Å². The smallest absolute Gasteiger partial charge is 0.220 e. The number of hydrogen-bond donors (Lipinski definition) is 12. The molecule has 0 aromatic carbocycles. The van der Waals surface area contributed by atoms with Crippen LogP contribution in [0, 0.1) is 0 Å². The monoisotopic (exact) mass is 1060 g/mol. The third-order valence-corrected chi connectivity index (χ3v) is 13.9. The van der Waals surface area contributed by atoms with Crippen molar-refractivity contribution < 1.29 is 89.4 Å². The van der Waals surface area contributed by atoms with Crippen LogP contribution in [-0.4, -0.2) is 193 Å². The van der Waals surface area contributed by atoms with Crippen LogP contribution < -0.4 is 5.32 Å². The van der Waals surface area contributed by atoms with E-state index in [4.69, 9.17) is 28.4 Å². The quantitative estimate of drug-likeness (QED) is 0.0310. The molecule has 17 unspecified atom stereocenters. The highest BCUT2D eigenvalue weighted by Crippen LogP contribution is 2.33. The standard InChI is InChI=1S/C55H97NO18/c1-3-5-7-9-11-12-13-14-15-16-17-18-19-20-21-22-23-24-25-26-27-29-31-33-43(61)56-38(39(60)32-30-28-10-8-6-4-2)37-69-53-49(67)46(64)51(41(35-58)71-53)74-55-50(68)47(65)52(42(36-59)72-55)73-54-48(66)45(63)44(62)40(34-57)70-54/h13-14,16-17,19-20,30,32,38-42,44-55,57-60,62-68H,3-12,15,18,21-29,31,33-37H2,1-2H3,(H,56,61)/b14-13-,17-16-,20-19-,32-30+. The van der Waals surface area contributed by atoms with Crippen molar-refractivity contribution in [3.8, 4) is 0 Å². The third-order valence-electron chi connectivity index (χ3n) is 13.9. The summed E-state index contributed by atoms with van der Waals surface area (Å²) in [6.07, 6.45) is 14.4. The highest BCUT2D eigenvalue weighted by atomic mass is 16.8. The fourth-order valence-electron chi connectivity index (χ4n) is 9.19. The lowest BCUT2D eigenvalue weighted by atomic mass is 9.96.